The van der Waals surface area contributed by atoms with Gasteiger partial charge < -0.3 is 15.1 Å². The number of piperidine rings is 1. The van der Waals surface area contributed by atoms with Gasteiger partial charge in [-0.1, -0.05) is 18.2 Å². The molecule has 1 saturated heterocycles. The summed E-state index contributed by atoms with van der Waals surface area (Å²) in [6.45, 7) is 11.8. The summed E-state index contributed by atoms with van der Waals surface area (Å²) in [6.07, 6.45) is 1.91. The first-order valence-electron chi connectivity index (χ1n) is 9.39. The van der Waals surface area contributed by atoms with E-state index >= 15 is 0 Å². The SMILES string of the molecule is CCNC(=O)C1CCC[N+](CC)(CC(=O)Nc2c(C)cccc2C)C1.[Y]. The third kappa shape index (κ3) is 5.86. The van der Waals surface area contributed by atoms with Crippen LogP contribution < -0.4 is 10.6 Å². The Morgan fingerprint density at radius 1 is 1.19 bits per heavy atom. The zero-order valence-corrected chi connectivity index (χ0v) is 19.4. The number of likely N-dealkylation sites (tertiary alicyclic amines) is 1. The van der Waals surface area contributed by atoms with Crippen molar-refractivity contribution in [3.8, 4) is 0 Å². The Hall–Kier alpha value is -0.776. The number of nitrogens with zero attached hydrogens (tertiary/aromatic N) is 1. The summed E-state index contributed by atoms with van der Waals surface area (Å²) in [5, 5.41) is 6.03. The summed E-state index contributed by atoms with van der Waals surface area (Å²) >= 11 is 0. The number of quaternary nitrogens is 1. The van der Waals surface area contributed by atoms with Crippen LogP contribution >= 0.6 is 0 Å². The molecule has 0 bridgehead atoms. The van der Waals surface area contributed by atoms with Crippen LogP contribution in [-0.2, 0) is 42.3 Å². The zero-order valence-electron chi connectivity index (χ0n) is 16.6. The molecule has 1 aromatic rings. The van der Waals surface area contributed by atoms with Gasteiger partial charge in [0, 0.05) is 44.9 Å². The fourth-order valence-corrected chi connectivity index (χ4v) is 3.89. The molecule has 6 heteroatoms. The number of carbonyl (C=O) groups is 2. The molecular weight excluding hydrogens is 403 g/mol. The minimum atomic E-state index is 0. The molecule has 2 unspecified atom stereocenters. The molecule has 2 rings (SSSR count). The zero-order chi connectivity index (χ0) is 18.4. The minimum Gasteiger partial charge on any atom is -0.356 e. The second kappa shape index (κ2) is 10.5. The molecule has 2 amide bonds. The smallest absolute Gasteiger partial charge is 0.279 e. The van der Waals surface area contributed by atoms with E-state index in [0.29, 0.717) is 17.6 Å². The van der Waals surface area contributed by atoms with Gasteiger partial charge in [0.1, 0.15) is 0 Å². The molecule has 0 spiro atoms. The fourth-order valence-electron chi connectivity index (χ4n) is 3.89. The quantitative estimate of drug-likeness (QED) is 0.675. The van der Waals surface area contributed by atoms with Crippen molar-refractivity contribution in [2.75, 3.05) is 38.0 Å². The van der Waals surface area contributed by atoms with Crippen molar-refractivity contribution in [1.82, 2.24) is 5.32 Å². The predicted octanol–water partition coefficient (Wildman–Crippen LogP) is 2.62. The van der Waals surface area contributed by atoms with Gasteiger partial charge in [-0.2, -0.15) is 0 Å². The van der Waals surface area contributed by atoms with E-state index in [1.54, 1.807) is 0 Å². The first-order valence-corrected chi connectivity index (χ1v) is 9.39. The third-order valence-corrected chi connectivity index (χ3v) is 5.41. The molecule has 1 aliphatic rings. The molecule has 26 heavy (non-hydrogen) atoms. The normalized spacial score (nSPS) is 22.2. The Morgan fingerprint density at radius 3 is 2.42 bits per heavy atom. The van der Waals surface area contributed by atoms with Crippen LogP contribution in [-0.4, -0.2) is 49.0 Å². The maximum Gasteiger partial charge on any atom is 0.279 e. The summed E-state index contributed by atoms with van der Waals surface area (Å²) in [7, 11) is 0. The number of anilines is 1. The Balaban J connectivity index is 0.00000338. The monoisotopic (exact) mass is 435 g/mol. The number of aryl methyl sites for hydroxylation is 2. The summed E-state index contributed by atoms with van der Waals surface area (Å²) < 4.78 is 0.693. The number of nitrogens with one attached hydrogen (secondary N) is 2. The molecule has 1 aromatic carbocycles. The molecule has 0 aromatic heterocycles. The van der Waals surface area contributed by atoms with Crippen LogP contribution in [0.5, 0.6) is 0 Å². The van der Waals surface area contributed by atoms with Crippen molar-refractivity contribution in [2.24, 2.45) is 5.92 Å². The molecule has 0 saturated carbocycles. The molecule has 0 aliphatic carbocycles. The summed E-state index contributed by atoms with van der Waals surface area (Å²) in [4.78, 5) is 25.0. The van der Waals surface area contributed by atoms with Crippen molar-refractivity contribution in [3.63, 3.8) is 0 Å². The van der Waals surface area contributed by atoms with Crippen LogP contribution in [0.15, 0.2) is 18.2 Å². The number of likely N-dealkylation sites (N-methyl/N-ethyl adjacent to an activating group) is 1. The molecule has 5 nitrogen and oxygen atoms in total. The maximum atomic E-state index is 12.7. The second-order valence-electron chi connectivity index (χ2n) is 7.27. The van der Waals surface area contributed by atoms with E-state index in [0.717, 1.165) is 49.3 Å². The summed E-state index contributed by atoms with van der Waals surface area (Å²) in [5.41, 5.74) is 3.07. The molecule has 1 aliphatic heterocycles. The van der Waals surface area contributed by atoms with Gasteiger partial charge >= 0.3 is 0 Å². The summed E-state index contributed by atoms with van der Waals surface area (Å²) in [5.74, 6) is 0.186. The Morgan fingerprint density at radius 2 is 1.85 bits per heavy atom. The van der Waals surface area contributed by atoms with E-state index in [2.05, 4.69) is 17.6 Å². The van der Waals surface area contributed by atoms with Crippen molar-refractivity contribution in [1.29, 1.82) is 0 Å². The van der Waals surface area contributed by atoms with Gasteiger partial charge in [0.05, 0.1) is 25.6 Å². The predicted molar refractivity (Wildman–Crippen MR) is 101 cm³/mol. The molecule has 2 atom stereocenters. The van der Waals surface area contributed by atoms with Crippen LogP contribution in [0.3, 0.4) is 0 Å². The van der Waals surface area contributed by atoms with Crippen LogP contribution in [0, 0.1) is 19.8 Å². The molecule has 1 heterocycles. The van der Waals surface area contributed by atoms with Crippen molar-refractivity contribution in [3.05, 3.63) is 29.3 Å². The summed E-state index contributed by atoms with van der Waals surface area (Å²) in [6, 6.07) is 6.03. The molecule has 141 valence electrons. The van der Waals surface area contributed by atoms with Crippen molar-refractivity contribution >= 4 is 17.5 Å². The average Bonchev–Trinajstić information content (AvgIpc) is 2.58. The average molecular weight is 435 g/mol. The van der Waals surface area contributed by atoms with Crippen LogP contribution in [0.25, 0.3) is 0 Å². The topological polar surface area (TPSA) is 58.2 Å². The number of hydrogen-bond acceptors (Lipinski definition) is 2. The molecule has 1 radical (unpaired) electrons. The van der Waals surface area contributed by atoms with E-state index in [9.17, 15) is 9.59 Å². The maximum absolute atomic E-state index is 12.7. The van der Waals surface area contributed by atoms with Crippen LogP contribution in [0.4, 0.5) is 5.69 Å². The molecular formula is C20H32N3O2Y+. The Bertz CT molecular complexity index is 615. The number of carbonyl (C=O) groups excluding carboxylic acids is 2. The largest absolute Gasteiger partial charge is 0.356 e. The number of benzene rings is 1. The van der Waals surface area contributed by atoms with Gasteiger partial charge in [-0.05, 0) is 51.7 Å². The number of hydrogen-bond donors (Lipinski definition) is 2. The third-order valence-electron chi connectivity index (χ3n) is 5.41. The van der Waals surface area contributed by atoms with E-state index in [1.807, 2.05) is 39.0 Å². The number of para-hydroxylation sites is 1. The van der Waals surface area contributed by atoms with Gasteiger partial charge in [-0.3, -0.25) is 9.59 Å². The van der Waals surface area contributed by atoms with Gasteiger partial charge in [-0.15, -0.1) is 0 Å². The van der Waals surface area contributed by atoms with Crippen LogP contribution in [0.2, 0.25) is 0 Å². The minimum absolute atomic E-state index is 0. The van der Waals surface area contributed by atoms with Gasteiger partial charge in [0.2, 0.25) is 5.91 Å². The molecule has 1 fully saturated rings. The van der Waals surface area contributed by atoms with Gasteiger partial charge in [-0.25, -0.2) is 0 Å². The van der Waals surface area contributed by atoms with Crippen molar-refractivity contribution < 1.29 is 46.8 Å². The van der Waals surface area contributed by atoms with Gasteiger partial charge in [0.15, 0.2) is 6.54 Å². The molecule has 2 N–H and O–H groups in total. The van der Waals surface area contributed by atoms with E-state index in [-0.39, 0.29) is 50.4 Å². The van der Waals surface area contributed by atoms with Gasteiger partial charge in [0.25, 0.3) is 5.91 Å². The number of rotatable bonds is 6. The Labute approximate surface area is 182 Å². The van der Waals surface area contributed by atoms with E-state index in [4.69, 9.17) is 0 Å². The van der Waals surface area contributed by atoms with Crippen molar-refractivity contribution in [2.45, 2.75) is 40.5 Å². The van der Waals surface area contributed by atoms with Crippen LogP contribution in [0.1, 0.15) is 37.8 Å². The number of amides is 2. The first kappa shape index (κ1) is 23.3. The fraction of sp³-hybridized carbons (Fsp3) is 0.600. The standard InChI is InChI=1S/C20H31N3O2.Y/c1-5-21-20(25)17-11-8-12-23(6-2,13-17)14-18(24)22-19-15(3)9-7-10-16(19)4;/h7,9-10,17H,5-6,8,11-14H2,1-4H3,(H-,21,22,24,25);/p+1. The van der Waals surface area contributed by atoms with E-state index < -0.39 is 0 Å². The van der Waals surface area contributed by atoms with E-state index in [1.165, 1.54) is 0 Å². The Kier molecular flexibility index (Phi) is 9.42. The second-order valence-corrected chi connectivity index (χ2v) is 7.27. The first-order chi connectivity index (χ1) is 11.9.